The molecule has 2 aromatic carbocycles. The molecule has 3 rings (SSSR count). The second kappa shape index (κ2) is 8.46. The third kappa shape index (κ3) is 4.52. The molecular formula is C21H20ClNO5. The zero-order chi connectivity index (χ0) is 20.3. The Hall–Kier alpha value is -2.83. The van der Waals surface area contributed by atoms with Gasteiger partial charge >= 0.3 is 5.63 Å². The Bertz CT molecular complexity index is 1050. The number of carbonyl (C=O) groups excluding carboxylic acids is 1. The van der Waals surface area contributed by atoms with E-state index in [9.17, 15) is 14.7 Å². The average Bonchev–Trinajstić information content (AvgIpc) is 2.67. The Morgan fingerprint density at radius 3 is 2.68 bits per heavy atom. The van der Waals surface area contributed by atoms with Crippen molar-refractivity contribution in [1.29, 1.82) is 0 Å². The van der Waals surface area contributed by atoms with E-state index < -0.39 is 23.7 Å². The molecule has 0 aliphatic carbocycles. The van der Waals surface area contributed by atoms with Crippen molar-refractivity contribution in [2.45, 2.75) is 26.1 Å². The molecule has 0 saturated carbocycles. The summed E-state index contributed by atoms with van der Waals surface area (Å²) in [6, 6.07) is 13.5. The van der Waals surface area contributed by atoms with Crippen LogP contribution >= 0.6 is 11.6 Å². The van der Waals surface area contributed by atoms with Crippen LogP contribution in [-0.2, 0) is 4.79 Å². The summed E-state index contributed by atoms with van der Waals surface area (Å²) >= 11 is 6.25. The normalized spacial score (nSPS) is 13.1. The first-order valence-corrected chi connectivity index (χ1v) is 9.14. The number of benzene rings is 2. The van der Waals surface area contributed by atoms with Crippen LogP contribution in [0, 0.1) is 6.92 Å². The largest absolute Gasteiger partial charge is 0.479 e. The van der Waals surface area contributed by atoms with Crippen LogP contribution in [0.2, 0.25) is 5.02 Å². The molecule has 0 bridgehead atoms. The number of halogens is 1. The van der Waals surface area contributed by atoms with Gasteiger partial charge in [-0.2, -0.15) is 0 Å². The second-order valence-corrected chi connectivity index (χ2v) is 6.87. The summed E-state index contributed by atoms with van der Waals surface area (Å²) in [4.78, 5) is 23.9. The molecule has 1 heterocycles. The van der Waals surface area contributed by atoms with Crippen LogP contribution in [0.3, 0.4) is 0 Å². The average molecular weight is 402 g/mol. The molecule has 0 radical (unpaired) electrons. The predicted octanol–water partition coefficient (Wildman–Crippen LogP) is 3.37. The summed E-state index contributed by atoms with van der Waals surface area (Å²) in [5, 5.41) is 13.8. The van der Waals surface area contributed by atoms with E-state index in [2.05, 4.69) is 5.32 Å². The van der Waals surface area contributed by atoms with Crippen molar-refractivity contribution in [3.63, 3.8) is 0 Å². The van der Waals surface area contributed by atoms with Gasteiger partial charge in [0, 0.05) is 24.1 Å². The summed E-state index contributed by atoms with van der Waals surface area (Å²) in [7, 11) is 0. The summed E-state index contributed by atoms with van der Waals surface area (Å²) in [5.74, 6) is -0.175. The fourth-order valence-corrected chi connectivity index (χ4v) is 3.00. The predicted molar refractivity (Wildman–Crippen MR) is 107 cm³/mol. The summed E-state index contributed by atoms with van der Waals surface area (Å²) in [5.41, 5.74) is 1.30. The SMILES string of the molecule is Cc1cc(=O)oc2cc(OC(C)C(=O)NCC(O)c3ccccc3)c(Cl)cc12. The number of ether oxygens (including phenoxy) is 1. The quantitative estimate of drug-likeness (QED) is 0.618. The van der Waals surface area contributed by atoms with E-state index >= 15 is 0 Å². The third-order valence-electron chi connectivity index (χ3n) is 4.33. The number of aliphatic hydroxyl groups is 1. The van der Waals surface area contributed by atoms with Crippen LogP contribution in [0.4, 0.5) is 0 Å². The summed E-state index contributed by atoms with van der Waals surface area (Å²) < 4.78 is 10.8. The molecule has 0 saturated heterocycles. The van der Waals surface area contributed by atoms with Gasteiger partial charge in [0.25, 0.3) is 5.91 Å². The van der Waals surface area contributed by atoms with Gasteiger partial charge in [-0.3, -0.25) is 4.79 Å². The lowest BCUT2D eigenvalue weighted by molar-refractivity contribution is -0.127. The number of rotatable bonds is 6. The van der Waals surface area contributed by atoms with Crippen molar-refractivity contribution in [3.05, 3.63) is 75.1 Å². The van der Waals surface area contributed by atoms with Crippen LogP contribution in [0.15, 0.2) is 57.7 Å². The first-order valence-electron chi connectivity index (χ1n) is 8.76. The molecule has 0 spiro atoms. The Morgan fingerprint density at radius 1 is 1.25 bits per heavy atom. The van der Waals surface area contributed by atoms with E-state index in [0.717, 1.165) is 5.56 Å². The zero-order valence-electron chi connectivity index (χ0n) is 15.4. The van der Waals surface area contributed by atoms with E-state index in [4.69, 9.17) is 20.8 Å². The molecule has 1 amide bonds. The lowest BCUT2D eigenvalue weighted by Crippen LogP contribution is -2.38. The maximum absolute atomic E-state index is 12.3. The molecule has 0 aliphatic heterocycles. The molecular weight excluding hydrogens is 382 g/mol. The molecule has 0 fully saturated rings. The van der Waals surface area contributed by atoms with Crippen LogP contribution in [0.25, 0.3) is 11.0 Å². The molecule has 0 aliphatic rings. The smallest absolute Gasteiger partial charge is 0.336 e. The van der Waals surface area contributed by atoms with Crippen molar-refractivity contribution >= 4 is 28.5 Å². The molecule has 3 aromatic rings. The minimum atomic E-state index is -0.866. The molecule has 6 nitrogen and oxygen atoms in total. The van der Waals surface area contributed by atoms with Crippen LogP contribution in [-0.4, -0.2) is 23.7 Å². The lowest BCUT2D eigenvalue weighted by Gasteiger charge is -2.18. The van der Waals surface area contributed by atoms with Gasteiger partial charge in [0.2, 0.25) is 0 Å². The summed E-state index contributed by atoms with van der Waals surface area (Å²) in [6.45, 7) is 3.40. The van der Waals surface area contributed by atoms with Gasteiger partial charge in [0.1, 0.15) is 11.3 Å². The Labute approximate surface area is 166 Å². The van der Waals surface area contributed by atoms with Crippen molar-refractivity contribution < 1.29 is 19.1 Å². The monoisotopic (exact) mass is 401 g/mol. The van der Waals surface area contributed by atoms with Crippen molar-refractivity contribution in [2.75, 3.05) is 6.54 Å². The van der Waals surface area contributed by atoms with Gasteiger partial charge in [-0.05, 0) is 31.0 Å². The molecule has 2 unspecified atom stereocenters. The van der Waals surface area contributed by atoms with Gasteiger partial charge < -0.3 is 19.6 Å². The highest BCUT2D eigenvalue weighted by Crippen LogP contribution is 2.31. The number of aliphatic hydroxyl groups excluding tert-OH is 1. The fraction of sp³-hybridized carbons (Fsp3) is 0.238. The molecule has 28 heavy (non-hydrogen) atoms. The highest BCUT2D eigenvalue weighted by atomic mass is 35.5. The number of aryl methyl sites for hydroxylation is 1. The number of carbonyl (C=O) groups is 1. The van der Waals surface area contributed by atoms with E-state index in [1.54, 1.807) is 32.0 Å². The number of fused-ring (bicyclic) bond motifs is 1. The van der Waals surface area contributed by atoms with Crippen molar-refractivity contribution in [3.8, 4) is 5.75 Å². The molecule has 2 atom stereocenters. The molecule has 7 heteroatoms. The minimum Gasteiger partial charge on any atom is -0.479 e. The molecule has 2 N–H and O–H groups in total. The van der Waals surface area contributed by atoms with Crippen LogP contribution in [0.1, 0.15) is 24.2 Å². The van der Waals surface area contributed by atoms with Crippen molar-refractivity contribution in [1.82, 2.24) is 5.32 Å². The van der Waals surface area contributed by atoms with E-state index in [1.165, 1.54) is 12.1 Å². The zero-order valence-corrected chi connectivity index (χ0v) is 16.2. The summed E-state index contributed by atoms with van der Waals surface area (Å²) in [6.07, 6.45) is -1.69. The van der Waals surface area contributed by atoms with Gasteiger partial charge in [-0.25, -0.2) is 4.79 Å². The Morgan fingerprint density at radius 2 is 1.96 bits per heavy atom. The highest BCUT2D eigenvalue weighted by molar-refractivity contribution is 6.32. The van der Waals surface area contributed by atoms with Crippen LogP contribution in [0.5, 0.6) is 5.75 Å². The number of nitrogens with one attached hydrogen (secondary N) is 1. The minimum absolute atomic E-state index is 0.0517. The van der Waals surface area contributed by atoms with E-state index in [-0.39, 0.29) is 12.3 Å². The second-order valence-electron chi connectivity index (χ2n) is 6.46. The van der Waals surface area contributed by atoms with Crippen molar-refractivity contribution in [2.24, 2.45) is 0 Å². The molecule has 1 aromatic heterocycles. The number of hydrogen-bond acceptors (Lipinski definition) is 5. The highest BCUT2D eigenvalue weighted by Gasteiger charge is 2.19. The van der Waals surface area contributed by atoms with E-state index in [1.807, 2.05) is 18.2 Å². The maximum Gasteiger partial charge on any atom is 0.336 e. The maximum atomic E-state index is 12.3. The van der Waals surface area contributed by atoms with Gasteiger partial charge in [-0.1, -0.05) is 41.9 Å². The van der Waals surface area contributed by atoms with Gasteiger partial charge in [0.15, 0.2) is 6.10 Å². The van der Waals surface area contributed by atoms with E-state index in [0.29, 0.717) is 21.6 Å². The fourth-order valence-electron chi connectivity index (χ4n) is 2.79. The standard InChI is InChI=1S/C21H20ClNO5/c1-12-8-20(25)28-18-10-19(16(22)9-15(12)18)27-13(2)21(26)23-11-17(24)14-6-4-3-5-7-14/h3-10,13,17,24H,11H2,1-2H3,(H,23,26). The van der Waals surface area contributed by atoms with Gasteiger partial charge in [-0.15, -0.1) is 0 Å². The van der Waals surface area contributed by atoms with Crippen LogP contribution < -0.4 is 15.7 Å². The van der Waals surface area contributed by atoms with Gasteiger partial charge in [0.05, 0.1) is 11.1 Å². The third-order valence-corrected chi connectivity index (χ3v) is 4.63. The Balaban J connectivity index is 1.68. The Kier molecular flexibility index (Phi) is 6.02. The molecule has 146 valence electrons. The first-order chi connectivity index (χ1) is 13.3. The number of amides is 1. The topological polar surface area (TPSA) is 88.8 Å². The lowest BCUT2D eigenvalue weighted by atomic mass is 10.1. The number of hydrogen-bond donors (Lipinski definition) is 2. The first kappa shape index (κ1) is 19.9.